The van der Waals surface area contributed by atoms with Crippen LogP contribution in [0.25, 0.3) is 0 Å². The molecule has 0 aliphatic carbocycles. The molecular weight excluding hydrogens is 364 g/mol. The van der Waals surface area contributed by atoms with Gasteiger partial charge in [-0.25, -0.2) is 8.42 Å². The first-order valence-electron chi connectivity index (χ1n) is 7.04. The molecule has 0 fully saturated rings. The molecular formula is C16H17BrN2O2S. The standard InChI is InChI=1S/C16H17BrN2O2S/c1-11-5-3-7-14-16(11)19(10-9-18-14)22(20,21)15-8-4-6-13(17)12(15)2/h3-8,18H,9-10H2,1-2H3. The Labute approximate surface area is 139 Å². The van der Waals surface area contributed by atoms with E-state index < -0.39 is 10.0 Å². The highest BCUT2D eigenvalue weighted by Gasteiger charge is 2.31. The fourth-order valence-corrected chi connectivity index (χ4v) is 5.06. The fraction of sp³-hybridized carbons (Fsp3) is 0.250. The molecule has 3 rings (SSSR count). The van der Waals surface area contributed by atoms with Gasteiger partial charge < -0.3 is 5.32 Å². The quantitative estimate of drug-likeness (QED) is 0.863. The largest absolute Gasteiger partial charge is 0.382 e. The van der Waals surface area contributed by atoms with Gasteiger partial charge in [-0.3, -0.25) is 4.31 Å². The van der Waals surface area contributed by atoms with Crippen LogP contribution < -0.4 is 9.62 Å². The fourth-order valence-electron chi connectivity index (χ4n) is 2.76. The highest BCUT2D eigenvalue weighted by atomic mass is 79.9. The molecule has 1 aliphatic rings. The summed E-state index contributed by atoms with van der Waals surface area (Å²) in [6.45, 7) is 4.77. The molecule has 1 N–H and O–H groups in total. The number of rotatable bonds is 2. The summed E-state index contributed by atoms with van der Waals surface area (Å²) in [6, 6.07) is 11.0. The van der Waals surface area contributed by atoms with Gasteiger partial charge in [-0.15, -0.1) is 0 Å². The minimum absolute atomic E-state index is 0.345. The number of fused-ring (bicyclic) bond motifs is 1. The first kappa shape index (κ1) is 15.4. The van der Waals surface area contributed by atoms with E-state index in [0.29, 0.717) is 18.0 Å². The SMILES string of the molecule is Cc1cccc2c1N(S(=O)(=O)c1cccc(Br)c1C)CCN2. The van der Waals surface area contributed by atoms with E-state index in [4.69, 9.17) is 0 Å². The predicted molar refractivity (Wildman–Crippen MR) is 93.1 cm³/mol. The topological polar surface area (TPSA) is 49.4 Å². The number of hydrogen-bond donors (Lipinski definition) is 1. The maximum atomic E-state index is 13.2. The average molecular weight is 381 g/mol. The van der Waals surface area contributed by atoms with Crippen LogP contribution in [-0.2, 0) is 10.0 Å². The van der Waals surface area contributed by atoms with E-state index >= 15 is 0 Å². The van der Waals surface area contributed by atoms with Crippen molar-refractivity contribution in [3.8, 4) is 0 Å². The van der Waals surface area contributed by atoms with E-state index in [2.05, 4.69) is 21.2 Å². The minimum Gasteiger partial charge on any atom is -0.382 e. The Morgan fingerprint density at radius 3 is 2.64 bits per heavy atom. The van der Waals surface area contributed by atoms with E-state index in [1.165, 1.54) is 4.31 Å². The Kier molecular flexibility index (Phi) is 3.91. The van der Waals surface area contributed by atoms with Crippen LogP contribution in [0.1, 0.15) is 11.1 Å². The predicted octanol–water partition coefficient (Wildman–Crippen LogP) is 3.69. The van der Waals surface area contributed by atoms with E-state index in [1.807, 2.05) is 38.1 Å². The summed E-state index contributed by atoms with van der Waals surface area (Å²) in [7, 11) is -3.59. The van der Waals surface area contributed by atoms with Crippen molar-refractivity contribution < 1.29 is 8.42 Å². The lowest BCUT2D eigenvalue weighted by Gasteiger charge is -2.33. The van der Waals surface area contributed by atoms with Gasteiger partial charge in [0.15, 0.2) is 0 Å². The lowest BCUT2D eigenvalue weighted by Crippen LogP contribution is -2.39. The molecule has 0 unspecified atom stereocenters. The molecule has 0 spiro atoms. The lowest BCUT2D eigenvalue weighted by atomic mass is 10.1. The van der Waals surface area contributed by atoms with Crippen molar-refractivity contribution in [3.05, 3.63) is 52.0 Å². The number of halogens is 1. The Morgan fingerprint density at radius 2 is 1.86 bits per heavy atom. The van der Waals surface area contributed by atoms with E-state index in [0.717, 1.165) is 27.0 Å². The smallest absolute Gasteiger partial charge is 0.264 e. The molecule has 116 valence electrons. The summed E-state index contributed by atoms with van der Waals surface area (Å²) in [5.41, 5.74) is 3.28. The van der Waals surface area contributed by atoms with Crippen molar-refractivity contribution in [1.82, 2.24) is 0 Å². The number of nitrogens with zero attached hydrogens (tertiary/aromatic N) is 1. The number of aryl methyl sites for hydroxylation is 1. The first-order chi connectivity index (χ1) is 10.4. The number of sulfonamides is 1. The molecule has 4 nitrogen and oxygen atoms in total. The molecule has 1 heterocycles. The van der Waals surface area contributed by atoms with Gasteiger partial charge in [0.1, 0.15) is 0 Å². The van der Waals surface area contributed by atoms with E-state index in [-0.39, 0.29) is 0 Å². The highest BCUT2D eigenvalue weighted by Crippen LogP contribution is 2.37. The molecule has 0 amide bonds. The summed E-state index contributed by atoms with van der Waals surface area (Å²) >= 11 is 3.41. The first-order valence-corrected chi connectivity index (χ1v) is 9.27. The molecule has 0 saturated heterocycles. The summed E-state index contributed by atoms with van der Waals surface area (Å²) < 4.78 is 28.6. The van der Waals surface area contributed by atoms with E-state index in [1.54, 1.807) is 12.1 Å². The maximum absolute atomic E-state index is 13.2. The normalized spacial score (nSPS) is 14.4. The Morgan fingerprint density at radius 1 is 1.14 bits per heavy atom. The zero-order valence-electron chi connectivity index (χ0n) is 12.4. The number of para-hydroxylation sites is 1. The van der Waals surface area contributed by atoms with Gasteiger partial charge in [-0.2, -0.15) is 0 Å². The van der Waals surface area contributed by atoms with Gasteiger partial charge in [0.2, 0.25) is 0 Å². The van der Waals surface area contributed by atoms with Crippen LogP contribution in [0.15, 0.2) is 45.8 Å². The van der Waals surface area contributed by atoms with Crippen LogP contribution in [0.4, 0.5) is 11.4 Å². The van der Waals surface area contributed by atoms with Crippen molar-refractivity contribution in [2.75, 3.05) is 22.7 Å². The average Bonchev–Trinajstić information content (AvgIpc) is 2.49. The van der Waals surface area contributed by atoms with Gasteiger partial charge >= 0.3 is 0 Å². The molecule has 6 heteroatoms. The van der Waals surface area contributed by atoms with Gasteiger partial charge in [0.05, 0.1) is 22.8 Å². The molecule has 0 bridgehead atoms. The van der Waals surface area contributed by atoms with Gasteiger partial charge in [0, 0.05) is 11.0 Å². The molecule has 2 aromatic carbocycles. The number of benzene rings is 2. The van der Waals surface area contributed by atoms with Crippen LogP contribution in [0.5, 0.6) is 0 Å². The molecule has 2 aromatic rings. The number of hydrogen-bond acceptors (Lipinski definition) is 3. The summed E-state index contributed by atoms with van der Waals surface area (Å²) in [4.78, 5) is 0.345. The van der Waals surface area contributed by atoms with Crippen LogP contribution in [0, 0.1) is 13.8 Å². The zero-order valence-corrected chi connectivity index (χ0v) is 14.8. The monoisotopic (exact) mass is 380 g/mol. The van der Waals surface area contributed by atoms with Crippen molar-refractivity contribution in [1.29, 1.82) is 0 Å². The maximum Gasteiger partial charge on any atom is 0.264 e. The second kappa shape index (κ2) is 5.59. The second-order valence-electron chi connectivity index (χ2n) is 5.34. The molecule has 22 heavy (non-hydrogen) atoms. The molecule has 0 atom stereocenters. The number of anilines is 2. The Bertz CT molecular complexity index is 834. The zero-order chi connectivity index (χ0) is 15.9. The molecule has 1 aliphatic heterocycles. The molecule has 0 saturated carbocycles. The summed E-state index contributed by atoms with van der Waals surface area (Å²) in [5.74, 6) is 0. The van der Waals surface area contributed by atoms with Crippen LogP contribution in [-0.4, -0.2) is 21.5 Å². The van der Waals surface area contributed by atoms with Gasteiger partial charge in [0.25, 0.3) is 10.0 Å². The minimum atomic E-state index is -3.59. The second-order valence-corrected chi connectivity index (χ2v) is 8.02. The van der Waals surface area contributed by atoms with E-state index in [9.17, 15) is 8.42 Å². The molecule has 0 radical (unpaired) electrons. The van der Waals surface area contributed by atoms with Crippen LogP contribution in [0.3, 0.4) is 0 Å². The van der Waals surface area contributed by atoms with Crippen molar-refractivity contribution in [2.45, 2.75) is 18.7 Å². The molecule has 0 aromatic heterocycles. The third-order valence-electron chi connectivity index (χ3n) is 3.90. The summed E-state index contributed by atoms with van der Waals surface area (Å²) in [5, 5.41) is 3.27. The van der Waals surface area contributed by atoms with Crippen LogP contribution in [0.2, 0.25) is 0 Å². The number of nitrogens with one attached hydrogen (secondary N) is 1. The Balaban J connectivity index is 2.18. The van der Waals surface area contributed by atoms with Gasteiger partial charge in [-0.05, 0) is 43.2 Å². The highest BCUT2D eigenvalue weighted by molar-refractivity contribution is 9.10. The van der Waals surface area contributed by atoms with Crippen molar-refractivity contribution in [3.63, 3.8) is 0 Å². The van der Waals surface area contributed by atoms with Crippen molar-refractivity contribution >= 4 is 37.3 Å². The lowest BCUT2D eigenvalue weighted by molar-refractivity contribution is 0.590. The summed E-state index contributed by atoms with van der Waals surface area (Å²) in [6.07, 6.45) is 0. The third-order valence-corrected chi connectivity index (χ3v) is 6.71. The third kappa shape index (κ3) is 2.40. The van der Waals surface area contributed by atoms with Crippen LogP contribution >= 0.6 is 15.9 Å². The Hall–Kier alpha value is -1.53. The van der Waals surface area contributed by atoms with Gasteiger partial charge in [-0.1, -0.05) is 34.1 Å². The van der Waals surface area contributed by atoms with Crippen molar-refractivity contribution in [2.24, 2.45) is 0 Å².